The normalized spacial score (nSPS) is 22.3. The molecule has 1 aromatic carbocycles. The largest absolute Gasteiger partial charge is 0.494 e. The number of Topliss-reactive ketones (excluding diaryl/α,β-unsaturated/α-hetero) is 2. The van der Waals surface area contributed by atoms with Crippen molar-refractivity contribution in [3.8, 4) is 5.75 Å². The number of ether oxygens (including phenoxy) is 1. The lowest BCUT2D eigenvalue weighted by Crippen LogP contribution is -2.26. The zero-order valence-electron chi connectivity index (χ0n) is 15.4. The summed E-state index contributed by atoms with van der Waals surface area (Å²) in [6.45, 7) is 1.99. The van der Waals surface area contributed by atoms with E-state index in [2.05, 4.69) is 0 Å². The van der Waals surface area contributed by atoms with Gasteiger partial charge in [0.25, 0.3) is 0 Å². The second-order valence-corrected chi connectivity index (χ2v) is 10.5. The summed E-state index contributed by atoms with van der Waals surface area (Å²) >= 11 is 7.88. The van der Waals surface area contributed by atoms with Crippen LogP contribution in [0.3, 0.4) is 0 Å². The molecule has 0 radical (unpaired) electrons. The molecule has 1 saturated carbocycles. The van der Waals surface area contributed by atoms with E-state index >= 15 is 0 Å². The number of rotatable bonds is 6. The summed E-state index contributed by atoms with van der Waals surface area (Å²) < 4.78 is 29.0. The summed E-state index contributed by atoms with van der Waals surface area (Å²) in [4.78, 5) is 27.0. The van der Waals surface area contributed by atoms with Crippen LogP contribution in [0.4, 0.5) is 0 Å². The minimum absolute atomic E-state index is 0.0680. The van der Waals surface area contributed by atoms with Crippen molar-refractivity contribution in [1.82, 2.24) is 0 Å². The van der Waals surface area contributed by atoms with E-state index in [4.69, 9.17) is 16.3 Å². The van der Waals surface area contributed by atoms with Crippen molar-refractivity contribution in [2.24, 2.45) is 11.8 Å². The average molecular weight is 429 g/mol. The molecule has 2 bridgehead atoms. The monoisotopic (exact) mass is 428 g/mol. The van der Waals surface area contributed by atoms with Gasteiger partial charge in [0.15, 0.2) is 27.2 Å². The molecular weight excluding hydrogens is 408 g/mol. The lowest BCUT2D eigenvalue weighted by molar-refractivity contribution is -0.119. The number of methoxy groups -OCH3 is 1. The molecule has 27 heavy (non-hydrogen) atoms. The van der Waals surface area contributed by atoms with Crippen LogP contribution in [0.1, 0.15) is 36.5 Å². The molecular formula is C19H21ClO5S2. The van der Waals surface area contributed by atoms with Gasteiger partial charge in [0, 0.05) is 22.6 Å². The fourth-order valence-electron chi connectivity index (χ4n) is 3.89. The van der Waals surface area contributed by atoms with Gasteiger partial charge < -0.3 is 4.74 Å². The second-order valence-electron chi connectivity index (χ2n) is 6.80. The number of fused-ring (bicyclic) bond motifs is 2. The number of carbonyl (C=O) groups excluding carboxylic acids is 2. The fraction of sp³-hybridized carbons (Fsp3) is 0.474. The van der Waals surface area contributed by atoms with Crippen molar-refractivity contribution in [2.75, 3.05) is 19.1 Å². The smallest absolute Gasteiger partial charge is 0.199 e. The first-order valence-electron chi connectivity index (χ1n) is 8.73. The Morgan fingerprint density at radius 3 is 2.56 bits per heavy atom. The summed E-state index contributed by atoms with van der Waals surface area (Å²) in [5.74, 6) is 0.271. The summed E-state index contributed by atoms with van der Waals surface area (Å²) in [5, 5.41) is -0.0792. The summed E-state index contributed by atoms with van der Waals surface area (Å²) in [5.41, 5.74) is 0.316. The Kier molecular flexibility index (Phi) is 5.75. The SMILES string of the molecule is CCSC1=C(C(=O)c2ccc(S(C)(=O)=O)c(OC)c2Cl)C(=O)C2CCC1C2. The molecule has 0 spiro atoms. The molecule has 1 fully saturated rings. The highest BCUT2D eigenvalue weighted by molar-refractivity contribution is 8.03. The highest BCUT2D eigenvalue weighted by Crippen LogP contribution is 2.48. The summed E-state index contributed by atoms with van der Waals surface area (Å²) in [7, 11) is -2.28. The standard InChI is InChI=1S/C19H21ClO5S2/c1-4-26-19-11-6-5-10(9-11)16(21)14(19)17(22)12-7-8-13(27(3,23)24)18(25-2)15(12)20/h7-8,10-11H,4-6,9H2,1-3H3. The molecule has 2 aliphatic carbocycles. The van der Waals surface area contributed by atoms with Gasteiger partial charge in [0.2, 0.25) is 0 Å². The molecule has 1 aromatic rings. The van der Waals surface area contributed by atoms with Crippen molar-refractivity contribution in [2.45, 2.75) is 31.1 Å². The van der Waals surface area contributed by atoms with Crippen LogP contribution in [0.25, 0.3) is 0 Å². The molecule has 0 aliphatic heterocycles. The second kappa shape index (κ2) is 7.60. The van der Waals surface area contributed by atoms with Crippen LogP contribution in [-0.4, -0.2) is 39.1 Å². The molecule has 0 saturated heterocycles. The predicted octanol–water partition coefficient (Wildman–Crippen LogP) is 3.94. The summed E-state index contributed by atoms with van der Waals surface area (Å²) in [6.07, 6.45) is 3.57. The van der Waals surface area contributed by atoms with Gasteiger partial charge in [-0.05, 0) is 43.1 Å². The summed E-state index contributed by atoms with van der Waals surface area (Å²) in [6, 6.07) is 2.68. The maximum atomic E-state index is 13.3. The number of allylic oxidation sites excluding steroid dienone is 2. The Balaban J connectivity index is 2.15. The molecule has 8 heteroatoms. The highest BCUT2D eigenvalue weighted by Gasteiger charge is 2.43. The quantitative estimate of drug-likeness (QED) is 0.504. The molecule has 0 amide bonds. The lowest BCUT2D eigenvalue weighted by Gasteiger charge is -2.24. The maximum absolute atomic E-state index is 13.3. The Morgan fingerprint density at radius 1 is 1.30 bits per heavy atom. The molecule has 2 atom stereocenters. The third-order valence-electron chi connectivity index (χ3n) is 5.10. The third-order valence-corrected chi connectivity index (χ3v) is 7.74. The van der Waals surface area contributed by atoms with Crippen molar-refractivity contribution in [3.63, 3.8) is 0 Å². The predicted molar refractivity (Wildman–Crippen MR) is 106 cm³/mol. The number of sulfone groups is 1. The van der Waals surface area contributed by atoms with E-state index in [1.807, 2.05) is 6.92 Å². The Hall–Kier alpha value is -1.31. The first-order valence-corrected chi connectivity index (χ1v) is 12.0. The van der Waals surface area contributed by atoms with E-state index in [-0.39, 0.29) is 44.4 Å². The van der Waals surface area contributed by atoms with Crippen LogP contribution in [0.5, 0.6) is 5.75 Å². The number of hydrogen-bond donors (Lipinski definition) is 0. The first kappa shape index (κ1) is 20.4. The molecule has 3 rings (SSSR count). The average Bonchev–Trinajstić information content (AvgIpc) is 3.05. The molecule has 0 aromatic heterocycles. The fourth-order valence-corrected chi connectivity index (χ4v) is 6.21. The van der Waals surface area contributed by atoms with Crippen LogP contribution in [0, 0.1) is 11.8 Å². The van der Waals surface area contributed by atoms with Gasteiger partial charge in [-0.25, -0.2) is 8.42 Å². The van der Waals surface area contributed by atoms with E-state index in [1.165, 1.54) is 31.0 Å². The van der Waals surface area contributed by atoms with Crippen molar-refractivity contribution in [1.29, 1.82) is 0 Å². The van der Waals surface area contributed by atoms with Crippen molar-refractivity contribution in [3.05, 3.63) is 33.2 Å². The molecule has 2 aliphatic rings. The number of thioether (sulfide) groups is 1. The van der Waals surface area contributed by atoms with Crippen LogP contribution < -0.4 is 4.74 Å². The lowest BCUT2D eigenvalue weighted by atomic mass is 9.84. The van der Waals surface area contributed by atoms with E-state index in [1.54, 1.807) is 0 Å². The minimum atomic E-state index is -3.58. The zero-order valence-corrected chi connectivity index (χ0v) is 17.8. The zero-order chi connectivity index (χ0) is 19.9. The Morgan fingerprint density at radius 2 is 1.96 bits per heavy atom. The Bertz CT molecular complexity index is 949. The van der Waals surface area contributed by atoms with Gasteiger partial charge in [0.1, 0.15) is 4.90 Å². The van der Waals surface area contributed by atoms with E-state index in [0.29, 0.717) is 0 Å². The van der Waals surface area contributed by atoms with Gasteiger partial charge in [-0.1, -0.05) is 18.5 Å². The van der Waals surface area contributed by atoms with Gasteiger partial charge in [-0.3, -0.25) is 9.59 Å². The van der Waals surface area contributed by atoms with E-state index < -0.39 is 15.6 Å². The number of carbonyl (C=O) groups is 2. The molecule has 0 heterocycles. The third kappa shape index (κ3) is 3.57. The highest BCUT2D eigenvalue weighted by atomic mass is 35.5. The first-order chi connectivity index (χ1) is 12.7. The van der Waals surface area contributed by atoms with Crippen molar-refractivity contribution < 1.29 is 22.7 Å². The van der Waals surface area contributed by atoms with Crippen LogP contribution in [-0.2, 0) is 14.6 Å². The minimum Gasteiger partial charge on any atom is -0.494 e. The Labute approximate surface area is 168 Å². The molecule has 0 N–H and O–H groups in total. The van der Waals surface area contributed by atoms with Crippen LogP contribution >= 0.6 is 23.4 Å². The van der Waals surface area contributed by atoms with Gasteiger partial charge >= 0.3 is 0 Å². The van der Waals surface area contributed by atoms with Crippen LogP contribution in [0.2, 0.25) is 5.02 Å². The van der Waals surface area contributed by atoms with E-state index in [0.717, 1.165) is 36.2 Å². The number of hydrogen-bond acceptors (Lipinski definition) is 6. The number of ketones is 2. The number of benzene rings is 1. The van der Waals surface area contributed by atoms with Crippen LogP contribution in [0.15, 0.2) is 27.5 Å². The molecule has 5 nitrogen and oxygen atoms in total. The number of halogens is 1. The van der Waals surface area contributed by atoms with Gasteiger partial charge in [0.05, 0.1) is 17.7 Å². The van der Waals surface area contributed by atoms with Gasteiger partial charge in [-0.2, -0.15) is 0 Å². The maximum Gasteiger partial charge on any atom is 0.199 e. The molecule has 2 unspecified atom stereocenters. The van der Waals surface area contributed by atoms with E-state index in [9.17, 15) is 18.0 Å². The van der Waals surface area contributed by atoms with Gasteiger partial charge in [-0.15, -0.1) is 11.8 Å². The van der Waals surface area contributed by atoms with Crippen molar-refractivity contribution >= 4 is 44.8 Å². The molecule has 146 valence electrons. The topological polar surface area (TPSA) is 77.5 Å².